The van der Waals surface area contributed by atoms with Crippen LogP contribution in [0, 0.1) is 5.92 Å². The van der Waals surface area contributed by atoms with Crippen molar-refractivity contribution >= 4 is 15.9 Å². The summed E-state index contributed by atoms with van der Waals surface area (Å²) in [6.45, 7) is 5.63. The number of rotatable bonds is 8. The van der Waals surface area contributed by atoms with Gasteiger partial charge in [-0.25, -0.2) is 8.42 Å². The van der Waals surface area contributed by atoms with Gasteiger partial charge in [-0.1, -0.05) is 39.2 Å². The number of carbonyl (C=O) groups excluding carboxylic acids is 1. The molecule has 1 aliphatic heterocycles. The molecule has 1 aromatic carbocycles. The predicted molar refractivity (Wildman–Crippen MR) is 114 cm³/mol. The zero-order chi connectivity index (χ0) is 20.9. The number of hydrogen-bond acceptors (Lipinski definition) is 4. The van der Waals surface area contributed by atoms with Gasteiger partial charge in [0.05, 0.1) is 18.1 Å². The molecule has 3 rings (SSSR count). The van der Waals surface area contributed by atoms with Crippen molar-refractivity contribution in [1.29, 1.82) is 0 Å². The summed E-state index contributed by atoms with van der Waals surface area (Å²) in [5.74, 6) is 0.366. The van der Waals surface area contributed by atoms with E-state index in [0.29, 0.717) is 44.2 Å². The Morgan fingerprint density at radius 2 is 1.97 bits per heavy atom. The zero-order valence-corrected chi connectivity index (χ0v) is 18.5. The molecule has 0 spiro atoms. The van der Waals surface area contributed by atoms with Gasteiger partial charge in [0.25, 0.3) is 5.91 Å². The molecule has 1 amide bonds. The quantitative estimate of drug-likeness (QED) is 0.697. The van der Waals surface area contributed by atoms with Crippen molar-refractivity contribution in [3.63, 3.8) is 0 Å². The first-order valence-electron chi connectivity index (χ1n) is 11.0. The lowest BCUT2D eigenvalue weighted by atomic mass is 9.96. The van der Waals surface area contributed by atoms with Crippen molar-refractivity contribution in [3.8, 4) is 0 Å². The number of carbonyl (C=O) groups is 1. The van der Waals surface area contributed by atoms with Gasteiger partial charge in [-0.05, 0) is 49.3 Å². The summed E-state index contributed by atoms with van der Waals surface area (Å²) in [5.41, 5.74) is 1.17. The van der Waals surface area contributed by atoms with Crippen LogP contribution >= 0.6 is 0 Å². The standard InChI is InChI=1S/C22H34N2O4S/c1-3-5-7-18-8-6-9-20(18)23-22(25)19-11-10-17(4-2)21(16-19)29(26,27)24-12-14-28-15-13-24/h10-11,16,18,20H,3-9,12-15H2,1-2H3,(H,23,25). The topological polar surface area (TPSA) is 75.7 Å². The molecule has 2 fully saturated rings. The summed E-state index contributed by atoms with van der Waals surface area (Å²) in [5, 5.41) is 3.18. The molecule has 2 aliphatic rings. The first-order valence-corrected chi connectivity index (χ1v) is 12.4. The Labute approximate surface area is 175 Å². The van der Waals surface area contributed by atoms with Crippen LogP contribution in [0.25, 0.3) is 0 Å². The normalized spacial score (nSPS) is 23.2. The van der Waals surface area contributed by atoms with E-state index in [1.807, 2.05) is 6.92 Å². The lowest BCUT2D eigenvalue weighted by molar-refractivity contribution is 0.0730. The lowest BCUT2D eigenvalue weighted by Crippen LogP contribution is -2.41. The Kier molecular flexibility index (Phi) is 7.71. The fourth-order valence-electron chi connectivity index (χ4n) is 4.44. The summed E-state index contributed by atoms with van der Waals surface area (Å²) in [6.07, 6.45) is 7.41. The van der Waals surface area contributed by atoms with Crippen LogP contribution in [0.2, 0.25) is 0 Å². The number of nitrogens with one attached hydrogen (secondary N) is 1. The van der Waals surface area contributed by atoms with Gasteiger partial charge in [0.1, 0.15) is 0 Å². The number of morpholine rings is 1. The van der Waals surface area contributed by atoms with Crippen LogP contribution in [0.5, 0.6) is 0 Å². The minimum Gasteiger partial charge on any atom is -0.379 e. The van der Waals surface area contributed by atoms with Gasteiger partial charge < -0.3 is 10.1 Å². The number of ether oxygens (including phenoxy) is 1. The molecule has 0 radical (unpaired) electrons. The van der Waals surface area contributed by atoms with Crippen molar-refractivity contribution in [1.82, 2.24) is 9.62 Å². The van der Waals surface area contributed by atoms with Crippen LogP contribution in [0.15, 0.2) is 23.1 Å². The number of sulfonamides is 1. The number of nitrogens with zero attached hydrogens (tertiary/aromatic N) is 1. The van der Waals surface area contributed by atoms with Crippen LogP contribution < -0.4 is 5.32 Å². The lowest BCUT2D eigenvalue weighted by Gasteiger charge is -2.27. The summed E-state index contributed by atoms with van der Waals surface area (Å²) in [6, 6.07) is 5.29. The van der Waals surface area contributed by atoms with E-state index in [2.05, 4.69) is 12.2 Å². The maximum Gasteiger partial charge on any atom is 0.251 e. The van der Waals surface area contributed by atoms with Crippen molar-refractivity contribution in [2.45, 2.75) is 69.7 Å². The van der Waals surface area contributed by atoms with E-state index < -0.39 is 10.0 Å². The van der Waals surface area contributed by atoms with Gasteiger partial charge >= 0.3 is 0 Å². The smallest absolute Gasteiger partial charge is 0.251 e. The van der Waals surface area contributed by atoms with E-state index in [1.54, 1.807) is 18.2 Å². The molecule has 1 heterocycles. The van der Waals surface area contributed by atoms with E-state index in [-0.39, 0.29) is 16.8 Å². The van der Waals surface area contributed by atoms with Crippen LogP contribution in [0.3, 0.4) is 0 Å². The van der Waals surface area contributed by atoms with E-state index >= 15 is 0 Å². The van der Waals surface area contributed by atoms with E-state index in [9.17, 15) is 13.2 Å². The summed E-state index contributed by atoms with van der Waals surface area (Å²) < 4.78 is 33.1. The van der Waals surface area contributed by atoms with Gasteiger partial charge in [-0.2, -0.15) is 4.31 Å². The van der Waals surface area contributed by atoms with Crippen molar-refractivity contribution in [3.05, 3.63) is 29.3 Å². The molecule has 1 saturated heterocycles. The summed E-state index contributed by atoms with van der Waals surface area (Å²) in [4.78, 5) is 13.2. The molecule has 2 unspecified atom stereocenters. The van der Waals surface area contributed by atoms with Crippen molar-refractivity contribution in [2.75, 3.05) is 26.3 Å². The van der Waals surface area contributed by atoms with Crippen molar-refractivity contribution < 1.29 is 17.9 Å². The minimum atomic E-state index is -3.64. The molecule has 6 nitrogen and oxygen atoms in total. The molecular formula is C22H34N2O4S. The molecule has 0 aromatic heterocycles. The van der Waals surface area contributed by atoms with Gasteiger partial charge in [-0.15, -0.1) is 0 Å². The summed E-state index contributed by atoms with van der Waals surface area (Å²) in [7, 11) is -3.64. The third-order valence-electron chi connectivity index (χ3n) is 6.20. The molecule has 7 heteroatoms. The highest BCUT2D eigenvalue weighted by molar-refractivity contribution is 7.89. The predicted octanol–water partition coefficient (Wildman–Crippen LogP) is 3.36. The number of aryl methyl sites for hydroxylation is 1. The summed E-state index contributed by atoms with van der Waals surface area (Å²) >= 11 is 0. The molecule has 2 atom stereocenters. The number of amides is 1. The minimum absolute atomic E-state index is 0.167. The fraction of sp³-hybridized carbons (Fsp3) is 0.682. The highest BCUT2D eigenvalue weighted by Crippen LogP contribution is 2.30. The SMILES string of the molecule is CCCCC1CCCC1NC(=O)c1ccc(CC)c(S(=O)(=O)N2CCOCC2)c1. The van der Waals surface area contributed by atoms with E-state index in [0.717, 1.165) is 31.2 Å². The zero-order valence-electron chi connectivity index (χ0n) is 17.7. The van der Waals surface area contributed by atoms with Gasteiger partial charge in [0.15, 0.2) is 0 Å². The third-order valence-corrected chi connectivity index (χ3v) is 8.18. The highest BCUT2D eigenvalue weighted by Gasteiger charge is 2.31. The molecule has 0 bridgehead atoms. The second-order valence-corrected chi connectivity index (χ2v) is 10.0. The molecule has 1 aromatic rings. The Hall–Kier alpha value is -1.44. The largest absolute Gasteiger partial charge is 0.379 e. The molecule has 1 aliphatic carbocycles. The average molecular weight is 423 g/mol. The molecule has 29 heavy (non-hydrogen) atoms. The Bertz CT molecular complexity index is 803. The van der Waals surface area contributed by atoms with Gasteiger partial charge in [0, 0.05) is 24.7 Å². The number of hydrogen-bond donors (Lipinski definition) is 1. The maximum absolute atomic E-state index is 13.2. The third kappa shape index (κ3) is 5.19. The monoisotopic (exact) mass is 422 g/mol. The van der Waals surface area contributed by atoms with E-state index in [1.165, 1.54) is 17.1 Å². The maximum atomic E-state index is 13.2. The highest BCUT2D eigenvalue weighted by atomic mass is 32.2. The molecule has 1 N–H and O–H groups in total. The second-order valence-electron chi connectivity index (χ2n) is 8.11. The number of unbranched alkanes of at least 4 members (excludes halogenated alkanes) is 1. The van der Waals surface area contributed by atoms with Gasteiger partial charge in [-0.3, -0.25) is 4.79 Å². The Morgan fingerprint density at radius 1 is 1.21 bits per heavy atom. The Balaban J connectivity index is 1.80. The fourth-order valence-corrected chi connectivity index (χ4v) is 6.17. The second kappa shape index (κ2) is 10.0. The molecular weight excluding hydrogens is 388 g/mol. The van der Waals surface area contributed by atoms with Crippen LogP contribution in [-0.2, 0) is 21.2 Å². The molecule has 162 valence electrons. The van der Waals surface area contributed by atoms with Crippen LogP contribution in [0.1, 0.15) is 68.3 Å². The first-order chi connectivity index (χ1) is 14.0. The first kappa shape index (κ1) is 22.2. The average Bonchev–Trinajstić information content (AvgIpc) is 3.19. The van der Waals surface area contributed by atoms with Gasteiger partial charge in [0.2, 0.25) is 10.0 Å². The number of benzene rings is 1. The van der Waals surface area contributed by atoms with Crippen LogP contribution in [-0.4, -0.2) is 51.0 Å². The van der Waals surface area contributed by atoms with Crippen LogP contribution in [0.4, 0.5) is 0 Å². The Morgan fingerprint density at radius 3 is 2.66 bits per heavy atom. The van der Waals surface area contributed by atoms with Crippen molar-refractivity contribution in [2.24, 2.45) is 5.92 Å². The van der Waals surface area contributed by atoms with E-state index in [4.69, 9.17) is 4.74 Å². The molecule has 1 saturated carbocycles.